The number of H-pyrrole nitrogens is 1. The molecule has 4 rings (SSSR count). The molecule has 6 nitrogen and oxygen atoms in total. The van der Waals surface area contributed by atoms with E-state index in [1.165, 1.54) is 6.20 Å². The monoisotopic (exact) mass is 360 g/mol. The first-order valence-corrected chi connectivity index (χ1v) is 8.68. The van der Waals surface area contributed by atoms with Crippen molar-refractivity contribution in [1.29, 1.82) is 0 Å². The second kappa shape index (κ2) is 6.93. The molecular weight excluding hydrogens is 343 g/mol. The lowest BCUT2D eigenvalue weighted by molar-refractivity contribution is 0.389. The van der Waals surface area contributed by atoms with Crippen molar-refractivity contribution in [2.24, 2.45) is 5.92 Å². The minimum atomic E-state index is -0.450. The number of anilines is 1. The SMILES string of the molecule is Fc1cnc(-c2c[nH]c3ncc(Cl)cc23)nc1NCC1CCNCC1. The third-order valence-corrected chi connectivity index (χ3v) is 4.71. The summed E-state index contributed by atoms with van der Waals surface area (Å²) in [6, 6.07) is 1.80. The molecule has 0 aliphatic carbocycles. The van der Waals surface area contributed by atoms with Gasteiger partial charge in [-0.1, -0.05) is 11.6 Å². The predicted molar refractivity (Wildman–Crippen MR) is 96.2 cm³/mol. The highest BCUT2D eigenvalue weighted by atomic mass is 35.5. The van der Waals surface area contributed by atoms with Crippen LogP contribution in [0.3, 0.4) is 0 Å². The molecular formula is C17H18ClFN6. The van der Waals surface area contributed by atoms with Crippen LogP contribution in [0.15, 0.2) is 24.7 Å². The number of halogens is 2. The Morgan fingerprint density at radius 1 is 1.24 bits per heavy atom. The maximum Gasteiger partial charge on any atom is 0.183 e. The normalized spacial score (nSPS) is 15.6. The summed E-state index contributed by atoms with van der Waals surface area (Å²) in [6.07, 6.45) is 6.70. The number of hydrogen-bond donors (Lipinski definition) is 3. The van der Waals surface area contributed by atoms with Crippen molar-refractivity contribution >= 4 is 28.5 Å². The molecule has 8 heteroatoms. The van der Waals surface area contributed by atoms with Crippen molar-refractivity contribution < 1.29 is 4.39 Å². The standard InChI is InChI=1S/C17H18ClFN6/c18-11-5-12-13(8-23-15(12)22-7-11)16-24-9-14(19)17(25-16)21-6-10-1-3-20-4-2-10/h5,7-10,20H,1-4,6H2,(H,22,23)(H,21,24,25). The van der Waals surface area contributed by atoms with Crippen molar-refractivity contribution in [3.8, 4) is 11.4 Å². The molecule has 0 radical (unpaired) electrons. The van der Waals surface area contributed by atoms with E-state index in [4.69, 9.17) is 11.6 Å². The van der Waals surface area contributed by atoms with E-state index in [1.807, 2.05) is 0 Å². The molecule has 0 aromatic carbocycles. The molecule has 3 aromatic heterocycles. The smallest absolute Gasteiger partial charge is 0.183 e. The van der Waals surface area contributed by atoms with Crippen LogP contribution in [0.5, 0.6) is 0 Å². The minimum absolute atomic E-state index is 0.230. The fraction of sp³-hybridized carbons (Fsp3) is 0.353. The van der Waals surface area contributed by atoms with E-state index in [9.17, 15) is 4.39 Å². The number of fused-ring (bicyclic) bond motifs is 1. The Morgan fingerprint density at radius 3 is 2.92 bits per heavy atom. The third kappa shape index (κ3) is 3.43. The Balaban J connectivity index is 1.60. The number of nitrogens with one attached hydrogen (secondary N) is 3. The second-order valence-electron chi connectivity index (χ2n) is 6.22. The lowest BCUT2D eigenvalue weighted by Gasteiger charge is -2.23. The van der Waals surface area contributed by atoms with E-state index < -0.39 is 5.82 Å². The zero-order valence-electron chi connectivity index (χ0n) is 13.5. The number of piperidine rings is 1. The number of aromatic nitrogens is 4. The van der Waals surface area contributed by atoms with Crippen LogP contribution in [0.4, 0.5) is 10.2 Å². The quantitative estimate of drug-likeness (QED) is 0.665. The van der Waals surface area contributed by atoms with Gasteiger partial charge in [0.1, 0.15) is 5.65 Å². The van der Waals surface area contributed by atoms with E-state index in [0.29, 0.717) is 29.0 Å². The number of nitrogens with zero attached hydrogens (tertiary/aromatic N) is 3. The molecule has 0 spiro atoms. The van der Waals surface area contributed by atoms with Gasteiger partial charge in [-0.05, 0) is 37.9 Å². The highest BCUT2D eigenvalue weighted by molar-refractivity contribution is 6.31. The van der Waals surface area contributed by atoms with Gasteiger partial charge in [0.05, 0.1) is 11.2 Å². The second-order valence-corrected chi connectivity index (χ2v) is 6.65. The summed E-state index contributed by atoms with van der Waals surface area (Å²) in [5.74, 6) is 0.737. The molecule has 3 N–H and O–H groups in total. The van der Waals surface area contributed by atoms with Crippen LogP contribution in [0.1, 0.15) is 12.8 Å². The average molecular weight is 361 g/mol. The number of pyridine rings is 1. The number of aromatic amines is 1. The maximum atomic E-state index is 14.1. The van der Waals surface area contributed by atoms with Crippen LogP contribution < -0.4 is 10.6 Å². The summed E-state index contributed by atoms with van der Waals surface area (Å²) in [5.41, 5.74) is 1.44. The van der Waals surface area contributed by atoms with Crippen molar-refractivity contribution in [3.63, 3.8) is 0 Å². The van der Waals surface area contributed by atoms with Gasteiger partial charge in [-0.3, -0.25) is 0 Å². The number of hydrogen-bond acceptors (Lipinski definition) is 5. The molecule has 1 fully saturated rings. The van der Waals surface area contributed by atoms with E-state index in [-0.39, 0.29) is 5.82 Å². The highest BCUT2D eigenvalue weighted by Crippen LogP contribution is 2.28. The first-order chi connectivity index (χ1) is 12.2. The summed E-state index contributed by atoms with van der Waals surface area (Å²) in [6.45, 7) is 2.72. The van der Waals surface area contributed by atoms with Gasteiger partial charge in [-0.25, -0.2) is 19.3 Å². The lowest BCUT2D eigenvalue weighted by Crippen LogP contribution is -2.31. The van der Waals surface area contributed by atoms with Gasteiger partial charge in [-0.2, -0.15) is 0 Å². The molecule has 0 bridgehead atoms. The van der Waals surface area contributed by atoms with E-state index in [1.54, 1.807) is 18.5 Å². The van der Waals surface area contributed by atoms with Crippen LogP contribution in [-0.4, -0.2) is 39.6 Å². The van der Waals surface area contributed by atoms with Gasteiger partial charge in [0.15, 0.2) is 17.5 Å². The van der Waals surface area contributed by atoms with E-state index >= 15 is 0 Å². The van der Waals surface area contributed by atoms with Crippen LogP contribution >= 0.6 is 11.6 Å². The van der Waals surface area contributed by atoms with Gasteiger partial charge in [0, 0.05) is 29.9 Å². The molecule has 1 aliphatic rings. The Morgan fingerprint density at radius 2 is 2.08 bits per heavy atom. The van der Waals surface area contributed by atoms with Gasteiger partial charge in [-0.15, -0.1) is 0 Å². The first kappa shape index (κ1) is 16.2. The number of rotatable bonds is 4. The van der Waals surface area contributed by atoms with E-state index in [0.717, 1.165) is 36.9 Å². The Labute approximate surface area is 149 Å². The largest absolute Gasteiger partial charge is 0.367 e. The summed E-state index contributed by atoms with van der Waals surface area (Å²) in [5, 5.41) is 7.80. The Kier molecular flexibility index (Phi) is 4.50. The summed E-state index contributed by atoms with van der Waals surface area (Å²) in [7, 11) is 0. The van der Waals surface area contributed by atoms with Crippen LogP contribution in [0.2, 0.25) is 5.02 Å². The molecule has 0 saturated carbocycles. The molecule has 1 aliphatic heterocycles. The van der Waals surface area contributed by atoms with Crippen molar-refractivity contribution in [3.05, 3.63) is 35.5 Å². The fourth-order valence-electron chi connectivity index (χ4n) is 3.11. The minimum Gasteiger partial charge on any atom is -0.367 e. The van der Waals surface area contributed by atoms with Crippen LogP contribution in [-0.2, 0) is 0 Å². The molecule has 130 valence electrons. The molecule has 0 amide bonds. The zero-order valence-corrected chi connectivity index (χ0v) is 14.3. The maximum absolute atomic E-state index is 14.1. The van der Waals surface area contributed by atoms with Gasteiger partial charge < -0.3 is 15.6 Å². The fourth-order valence-corrected chi connectivity index (χ4v) is 3.27. The topological polar surface area (TPSA) is 78.5 Å². The molecule has 25 heavy (non-hydrogen) atoms. The Hall–Kier alpha value is -2.25. The van der Waals surface area contributed by atoms with Gasteiger partial charge in [0.25, 0.3) is 0 Å². The summed E-state index contributed by atoms with van der Waals surface area (Å²) >= 11 is 6.03. The molecule has 1 saturated heterocycles. The summed E-state index contributed by atoms with van der Waals surface area (Å²) < 4.78 is 14.1. The summed E-state index contributed by atoms with van der Waals surface area (Å²) in [4.78, 5) is 15.8. The lowest BCUT2D eigenvalue weighted by atomic mass is 9.98. The van der Waals surface area contributed by atoms with Crippen molar-refractivity contribution in [2.75, 3.05) is 25.0 Å². The van der Waals surface area contributed by atoms with E-state index in [2.05, 4.69) is 30.6 Å². The predicted octanol–water partition coefficient (Wildman–Crippen LogP) is 3.22. The Bertz CT molecular complexity index is 890. The van der Waals surface area contributed by atoms with Gasteiger partial charge in [0.2, 0.25) is 0 Å². The molecule has 0 atom stereocenters. The van der Waals surface area contributed by atoms with Crippen molar-refractivity contribution in [1.82, 2.24) is 25.3 Å². The molecule has 3 aromatic rings. The highest BCUT2D eigenvalue weighted by Gasteiger charge is 2.16. The average Bonchev–Trinajstić information content (AvgIpc) is 3.05. The third-order valence-electron chi connectivity index (χ3n) is 4.50. The first-order valence-electron chi connectivity index (χ1n) is 8.31. The van der Waals surface area contributed by atoms with Crippen LogP contribution in [0, 0.1) is 11.7 Å². The molecule has 0 unspecified atom stereocenters. The van der Waals surface area contributed by atoms with Crippen LogP contribution in [0.25, 0.3) is 22.4 Å². The van der Waals surface area contributed by atoms with Crippen molar-refractivity contribution in [2.45, 2.75) is 12.8 Å². The van der Waals surface area contributed by atoms with Gasteiger partial charge >= 0.3 is 0 Å². The molecule has 4 heterocycles. The zero-order chi connectivity index (χ0) is 17.2.